The molecule has 0 saturated carbocycles. The van der Waals surface area contributed by atoms with Gasteiger partial charge in [-0.05, 0) is 31.0 Å². The smallest absolute Gasteiger partial charge is 0.112 e. The molecule has 0 atom stereocenters. The van der Waals surface area contributed by atoms with Crippen molar-refractivity contribution < 1.29 is 4.74 Å². The summed E-state index contributed by atoms with van der Waals surface area (Å²) in [5.41, 5.74) is 2.66. The van der Waals surface area contributed by atoms with Crippen LogP contribution in [0.1, 0.15) is 32.2 Å². The van der Waals surface area contributed by atoms with Crippen LogP contribution in [0.5, 0.6) is 0 Å². The second kappa shape index (κ2) is 6.53. The van der Waals surface area contributed by atoms with Crippen LogP contribution >= 0.6 is 0 Å². The van der Waals surface area contributed by atoms with Crippen LogP contribution in [0.3, 0.4) is 0 Å². The lowest BCUT2D eigenvalue weighted by Gasteiger charge is -2.11. The van der Waals surface area contributed by atoms with Crippen LogP contribution in [-0.4, -0.2) is 22.8 Å². The third-order valence-electron chi connectivity index (χ3n) is 3.18. The zero-order chi connectivity index (χ0) is 14.5. The topological polar surface area (TPSA) is 50.8 Å². The third-order valence-corrected chi connectivity index (χ3v) is 3.18. The summed E-state index contributed by atoms with van der Waals surface area (Å²) in [6, 6.07) is 7.87. The molecule has 0 unspecified atom stereocenters. The maximum absolute atomic E-state index is 8.99. The number of nitrogens with zero attached hydrogens (tertiary/aromatic N) is 3. The monoisotopic (exact) mass is 271 g/mol. The van der Waals surface area contributed by atoms with Crippen LogP contribution in [0.4, 0.5) is 0 Å². The number of imidazole rings is 1. The first-order chi connectivity index (χ1) is 9.65. The Morgan fingerprint density at radius 1 is 1.40 bits per heavy atom. The number of fused-ring (bicyclic) bond motifs is 1. The largest absolute Gasteiger partial charge is 0.381 e. The standard InChI is InChI=1S/C16H21N3O/c1-4-20-8-7-16-18-14-9-13(10-17)5-6-15(14)19(16)11-12(2)3/h5-6,9,12H,4,7-8,11H2,1-3H3. The van der Waals surface area contributed by atoms with Gasteiger partial charge in [0.1, 0.15) is 5.82 Å². The highest BCUT2D eigenvalue weighted by Gasteiger charge is 2.12. The van der Waals surface area contributed by atoms with Crippen molar-refractivity contribution in [2.75, 3.05) is 13.2 Å². The molecule has 0 fully saturated rings. The lowest BCUT2D eigenvalue weighted by molar-refractivity contribution is 0.149. The molecule has 2 aromatic rings. The van der Waals surface area contributed by atoms with Crippen LogP contribution in [-0.2, 0) is 17.7 Å². The Labute approximate surface area is 120 Å². The van der Waals surface area contributed by atoms with E-state index in [1.807, 2.05) is 25.1 Å². The number of rotatable bonds is 6. The van der Waals surface area contributed by atoms with Gasteiger partial charge in [-0.2, -0.15) is 5.26 Å². The van der Waals surface area contributed by atoms with Crippen molar-refractivity contribution in [3.8, 4) is 6.07 Å². The quantitative estimate of drug-likeness (QED) is 0.758. The van der Waals surface area contributed by atoms with Gasteiger partial charge in [-0.3, -0.25) is 0 Å². The Hall–Kier alpha value is -1.86. The van der Waals surface area contributed by atoms with E-state index in [4.69, 9.17) is 10.00 Å². The maximum Gasteiger partial charge on any atom is 0.112 e. The molecule has 4 heteroatoms. The lowest BCUT2D eigenvalue weighted by atomic mass is 10.2. The molecule has 4 nitrogen and oxygen atoms in total. The zero-order valence-corrected chi connectivity index (χ0v) is 12.4. The minimum Gasteiger partial charge on any atom is -0.381 e. The second-order valence-electron chi connectivity index (χ2n) is 5.29. The van der Waals surface area contributed by atoms with Gasteiger partial charge in [-0.15, -0.1) is 0 Å². The van der Waals surface area contributed by atoms with Crippen molar-refractivity contribution in [3.63, 3.8) is 0 Å². The highest BCUT2D eigenvalue weighted by Crippen LogP contribution is 2.20. The van der Waals surface area contributed by atoms with Gasteiger partial charge < -0.3 is 9.30 Å². The molecule has 1 aromatic carbocycles. The molecular formula is C16H21N3O. The number of aromatic nitrogens is 2. The Morgan fingerprint density at radius 3 is 2.85 bits per heavy atom. The summed E-state index contributed by atoms with van der Waals surface area (Å²) >= 11 is 0. The van der Waals surface area contributed by atoms with E-state index in [2.05, 4.69) is 29.5 Å². The van der Waals surface area contributed by atoms with Gasteiger partial charge in [-0.1, -0.05) is 13.8 Å². The van der Waals surface area contributed by atoms with Gasteiger partial charge in [0.05, 0.1) is 29.3 Å². The average Bonchev–Trinajstić information content (AvgIpc) is 2.76. The lowest BCUT2D eigenvalue weighted by Crippen LogP contribution is -2.11. The number of nitriles is 1. The highest BCUT2D eigenvalue weighted by molar-refractivity contribution is 5.77. The molecule has 0 saturated heterocycles. The molecule has 0 amide bonds. The van der Waals surface area contributed by atoms with E-state index < -0.39 is 0 Å². The van der Waals surface area contributed by atoms with Gasteiger partial charge in [0.15, 0.2) is 0 Å². The molecule has 20 heavy (non-hydrogen) atoms. The van der Waals surface area contributed by atoms with E-state index in [0.29, 0.717) is 18.1 Å². The zero-order valence-electron chi connectivity index (χ0n) is 12.4. The number of ether oxygens (including phenoxy) is 1. The summed E-state index contributed by atoms with van der Waals surface area (Å²) in [7, 11) is 0. The second-order valence-corrected chi connectivity index (χ2v) is 5.29. The van der Waals surface area contributed by atoms with Crippen molar-refractivity contribution in [1.82, 2.24) is 9.55 Å². The van der Waals surface area contributed by atoms with Crippen molar-refractivity contribution >= 4 is 11.0 Å². The molecule has 0 aliphatic carbocycles. The van der Waals surface area contributed by atoms with E-state index >= 15 is 0 Å². The Balaban J connectivity index is 2.40. The summed E-state index contributed by atoms with van der Waals surface area (Å²) in [5.74, 6) is 1.59. The first-order valence-corrected chi connectivity index (χ1v) is 7.12. The molecular weight excluding hydrogens is 250 g/mol. The summed E-state index contributed by atoms with van der Waals surface area (Å²) in [6.45, 7) is 8.73. The molecule has 2 rings (SSSR count). The molecule has 0 aliphatic rings. The maximum atomic E-state index is 8.99. The van der Waals surface area contributed by atoms with Crippen LogP contribution in [0.2, 0.25) is 0 Å². The molecule has 106 valence electrons. The van der Waals surface area contributed by atoms with E-state index in [9.17, 15) is 0 Å². The van der Waals surface area contributed by atoms with E-state index in [1.54, 1.807) is 0 Å². The normalized spacial score (nSPS) is 11.2. The summed E-state index contributed by atoms with van der Waals surface area (Å²) < 4.78 is 7.68. The first kappa shape index (κ1) is 14.5. The number of hydrogen-bond donors (Lipinski definition) is 0. The molecule has 0 radical (unpaired) electrons. The van der Waals surface area contributed by atoms with Gasteiger partial charge in [0, 0.05) is 19.6 Å². The Kier molecular flexibility index (Phi) is 4.75. The predicted molar refractivity (Wildman–Crippen MR) is 79.5 cm³/mol. The predicted octanol–water partition coefficient (Wildman–Crippen LogP) is 3.14. The van der Waals surface area contributed by atoms with Crippen molar-refractivity contribution in [3.05, 3.63) is 29.6 Å². The fourth-order valence-electron chi connectivity index (χ4n) is 2.32. The molecule has 0 spiro atoms. The van der Waals surface area contributed by atoms with Crippen LogP contribution in [0.25, 0.3) is 11.0 Å². The minimum atomic E-state index is 0.550. The minimum absolute atomic E-state index is 0.550. The van der Waals surface area contributed by atoms with Crippen LogP contribution < -0.4 is 0 Å². The molecule has 0 bridgehead atoms. The van der Waals surface area contributed by atoms with Gasteiger partial charge in [-0.25, -0.2) is 4.98 Å². The Morgan fingerprint density at radius 2 is 2.20 bits per heavy atom. The average molecular weight is 271 g/mol. The van der Waals surface area contributed by atoms with Gasteiger partial charge in [0.2, 0.25) is 0 Å². The summed E-state index contributed by atoms with van der Waals surface area (Å²) in [6.07, 6.45) is 0.803. The molecule has 1 aromatic heterocycles. The van der Waals surface area contributed by atoms with Crippen LogP contribution in [0.15, 0.2) is 18.2 Å². The SMILES string of the molecule is CCOCCc1nc2cc(C#N)ccc2n1CC(C)C. The van der Waals surface area contributed by atoms with Crippen molar-refractivity contribution in [1.29, 1.82) is 5.26 Å². The Bertz CT molecular complexity index is 622. The van der Waals surface area contributed by atoms with Crippen molar-refractivity contribution in [2.24, 2.45) is 5.92 Å². The van der Waals surface area contributed by atoms with E-state index in [-0.39, 0.29) is 0 Å². The molecule has 0 aliphatic heterocycles. The number of benzene rings is 1. The highest BCUT2D eigenvalue weighted by atomic mass is 16.5. The van der Waals surface area contributed by atoms with Gasteiger partial charge >= 0.3 is 0 Å². The summed E-state index contributed by atoms with van der Waals surface area (Å²) in [4.78, 5) is 4.68. The fraction of sp³-hybridized carbons (Fsp3) is 0.500. The fourth-order valence-corrected chi connectivity index (χ4v) is 2.32. The number of hydrogen-bond acceptors (Lipinski definition) is 3. The van der Waals surface area contributed by atoms with E-state index in [0.717, 1.165) is 36.4 Å². The van der Waals surface area contributed by atoms with Gasteiger partial charge in [0.25, 0.3) is 0 Å². The van der Waals surface area contributed by atoms with E-state index in [1.165, 1.54) is 0 Å². The summed E-state index contributed by atoms with van der Waals surface area (Å²) in [5, 5.41) is 8.99. The molecule has 1 heterocycles. The first-order valence-electron chi connectivity index (χ1n) is 7.12. The van der Waals surface area contributed by atoms with Crippen molar-refractivity contribution in [2.45, 2.75) is 33.7 Å². The van der Waals surface area contributed by atoms with Crippen LogP contribution in [0, 0.1) is 17.2 Å². The molecule has 0 N–H and O–H groups in total. The third kappa shape index (κ3) is 3.17.